The lowest BCUT2D eigenvalue weighted by Gasteiger charge is -2.33. The van der Waals surface area contributed by atoms with E-state index in [1.165, 1.54) is 18.0 Å². The average molecular weight is 285 g/mol. The predicted molar refractivity (Wildman–Crippen MR) is 72.3 cm³/mol. The first-order chi connectivity index (χ1) is 9.15. The molecule has 3 N–H and O–H groups in total. The van der Waals surface area contributed by atoms with Gasteiger partial charge in [-0.1, -0.05) is 11.8 Å². The van der Waals surface area contributed by atoms with Crippen molar-refractivity contribution in [3.05, 3.63) is 11.8 Å². The van der Waals surface area contributed by atoms with E-state index >= 15 is 0 Å². The molecule has 106 valence electrons. The molecule has 0 spiro atoms. The SMILES string of the molecule is CSc1ncc(CO)c(N(O)[C@@H]2CCC[C@@H](O)C2)n1. The minimum Gasteiger partial charge on any atom is -0.393 e. The Morgan fingerprint density at radius 1 is 1.47 bits per heavy atom. The molecule has 2 atom stereocenters. The third kappa shape index (κ3) is 3.36. The van der Waals surface area contributed by atoms with Gasteiger partial charge in [0.15, 0.2) is 11.0 Å². The average Bonchev–Trinajstić information content (AvgIpc) is 2.45. The van der Waals surface area contributed by atoms with Gasteiger partial charge in [0.25, 0.3) is 0 Å². The summed E-state index contributed by atoms with van der Waals surface area (Å²) in [7, 11) is 0. The van der Waals surface area contributed by atoms with Crippen molar-refractivity contribution in [3.8, 4) is 0 Å². The number of nitrogens with zero attached hydrogens (tertiary/aromatic N) is 3. The van der Waals surface area contributed by atoms with Crippen LogP contribution < -0.4 is 5.06 Å². The fraction of sp³-hybridized carbons (Fsp3) is 0.667. The Bertz CT molecular complexity index is 433. The molecule has 0 unspecified atom stereocenters. The largest absolute Gasteiger partial charge is 0.393 e. The summed E-state index contributed by atoms with van der Waals surface area (Å²) in [4.78, 5) is 8.32. The van der Waals surface area contributed by atoms with Crippen molar-refractivity contribution in [2.45, 2.75) is 49.6 Å². The molecule has 6 nitrogen and oxygen atoms in total. The predicted octanol–water partition coefficient (Wildman–Crippen LogP) is 1.19. The van der Waals surface area contributed by atoms with E-state index < -0.39 is 0 Å². The van der Waals surface area contributed by atoms with Crippen molar-refractivity contribution in [2.75, 3.05) is 11.3 Å². The first-order valence-corrected chi connectivity index (χ1v) is 7.55. The van der Waals surface area contributed by atoms with Crippen LogP contribution in [0.1, 0.15) is 31.2 Å². The zero-order chi connectivity index (χ0) is 13.8. The Morgan fingerprint density at radius 2 is 2.26 bits per heavy atom. The highest BCUT2D eigenvalue weighted by Crippen LogP contribution is 2.28. The second-order valence-electron chi connectivity index (χ2n) is 4.68. The first kappa shape index (κ1) is 14.5. The van der Waals surface area contributed by atoms with Crippen LogP contribution in [-0.2, 0) is 6.61 Å². The maximum absolute atomic E-state index is 10.3. The van der Waals surface area contributed by atoms with Crippen molar-refractivity contribution >= 4 is 17.6 Å². The zero-order valence-electron chi connectivity index (χ0n) is 10.9. The van der Waals surface area contributed by atoms with Crippen molar-refractivity contribution < 1.29 is 15.4 Å². The highest BCUT2D eigenvalue weighted by molar-refractivity contribution is 7.98. The van der Waals surface area contributed by atoms with E-state index in [1.807, 2.05) is 6.26 Å². The molecule has 0 saturated heterocycles. The van der Waals surface area contributed by atoms with Crippen LogP contribution in [0.5, 0.6) is 0 Å². The molecule has 19 heavy (non-hydrogen) atoms. The highest BCUT2D eigenvalue weighted by atomic mass is 32.2. The summed E-state index contributed by atoms with van der Waals surface area (Å²) in [5, 5.41) is 30.9. The minimum absolute atomic E-state index is 0.168. The lowest BCUT2D eigenvalue weighted by molar-refractivity contribution is 0.0878. The van der Waals surface area contributed by atoms with Crippen LogP contribution in [-0.4, -0.2) is 43.8 Å². The van der Waals surface area contributed by atoms with Gasteiger partial charge in [-0.15, -0.1) is 0 Å². The molecular formula is C12H19N3O3S. The number of thioether (sulfide) groups is 1. The molecule has 1 fully saturated rings. The summed E-state index contributed by atoms with van der Waals surface area (Å²) in [6.07, 6.45) is 5.96. The van der Waals surface area contributed by atoms with Crippen LogP contribution in [0.4, 0.5) is 5.82 Å². The normalized spacial score (nSPS) is 23.4. The molecule has 0 radical (unpaired) electrons. The summed E-state index contributed by atoms with van der Waals surface area (Å²) in [6, 6.07) is -0.168. The summed E-state index contributed by atoms with van der Waals surface area (Å²) < 4.78 is 0. The molecular weight excluding hydrogens is 266 g/mol. The molecule has 0 aromatic carbocycles. The second-order valence-corrected chi connectivity index (χ2v) is 5.46. The fourth-order valence-electron chi connectivity index (χ4n) is 2.32. The Labute approximate surface area is 116 Å². The number of aliphatic hydroxyl groups is 2. The van der Waals surface area contributed by atoms with E-state index in [4.69, 9.17) is 0 Å². The van der Waals surface area contributed by atoms with Gasteiger partial charge in [-0.3, -0.25) is 5.21 Å². The molecule has 1 aromatic heterocycles. The topological polar surface area (TPSA) is 89.7 Å². The fourth-order valence-corrected chi connectivity index (χ4v) is 2.66. The summed E-state index contributed by atoms with van der Waals surface area (Å²) in [5.74, 6) is 0.334. The number of rotatable bonds is 4. The van der Waals surface area contributed by atoms with Crippen LogP contribution in [0.3, 0.4) is 0 Å². The molecule has 1 aliphatic rings. The molecule has 0 amide bonds. The summed E-state index contributed by atoms with van der Waals surface area (Å²) >= 11 is 1.38. The van der Waals surface area contributed by atoms with Gasteiger partial charge in [0.1, 0.15) is 0 Å². The summed E-state index contributed by atoms with van der Waals surface area (Å²) in [6.45, 7) is -0.226. The maximum Gasteiger partial charge on any atom is 0.189 e. The van der Waals surface area contributed by atoms with Gasteiger partial charge in [0.05, 0.1) is 18.8 Å². The van der Waals surface area contributed by atoms with Crippen LogP contribution in [0.15, 0.2) is 11.4 Å². The molecule has 2 rings (SSSR count). The van der Waals surface area contributed by atoms with E-state index in [-0.39, 0.29) is 18.8 Å². The van der Waals surface area contributed by atoms with Gasteiger partial charge in [-0.05, 0) is 31.9 Å². The lowest BCUT2D eigenvalue weighted by Crippen LogP contribution is -2.39. The van der Waals surface area contributed by atoms with E-state index in [0.717, 1.165) is 24.3 Å². The zero-order valence-corrected chi connectivity index (χ0v) is 11.7. The van der Waals surface area contributed by atoms with E-state index in [1.54, 1.807) is 0 Å². The Morgan fingerprint density at radius 3 is 2.89 bits per heavy atom. The lowest BCUT2D eigenvalue weighted by atomic mass is 9.92. The number of hydroxylamine groups is 1. The maximum atomic E-state index is 10.3. The number of hydrogen-bond acceptors (Lipinski definition) is 7. The quantitative estimate of drug-likeness (QED) is 0.435. The van der Waals surface area contributed by atoms with Crippen molar-refractivity contribution in [2.24, 2.45) is 0 Å². The molecule has 1 aliphatic carbocycles. The number of aromatic nitrogens is 2. The van der Waals surface area contributed by atoms with Gasteiger partial charge < -0.3 is 10.2 Å². The van der Waals surface area contributed by atoms with Crippen molar-refractivity contribution in [3.63, 3.8) is 0 Å². The smallest absolute Gasteiger partial charge is 0.189 e. The van der Waals surface area contributed by atoms with Gasteiger partial charge in [-0.2, -0.15) is 0 Å². The van der Waals surface area contributed by atoms with Gasteiger partial charge in [0, 0.05) is 11.8 Å². The van der Waals surface area contributed by atoms with Crippen molar-refractivity contribution in [1.82, 2.24) is 9.97 Å². The number of anilines is 1. The van der Waals surface area contributed by atoms with Crippen molar-refractivity contribution in [1.29, 1.82) is 0 Å². The van der Waals surface area contributed by atoms with Crippen LogP contribution in [0.2, 0.25) is 0 Å². The van der Waals surface area contributed by atoms with Crippen LogP contribution in [0.25, 0.3) is 0 Å². The minimum atomic E-state index is -0.382. The van der Waals surface area contributed by atoms with Gasteiger partial charge in [0.2, 0.25) is 0 Å². The number of hydrogen-bond donors (Lipinski definition) is 3. The standard InChI is InChI=1S/C12H19N3O3S/c1-19-12-13-6-8(7-16)11(14-12)15(18)9-3-2-4-10(17)5-9/h6,9-10,16-18H,2-5,7H2,1H3/t9-,10-/m1/s1. The highest BCUT2D eigenvalue weighted by Gasteiger charge is 2.27. The Kier molecular flexibility index (Phi) is 4.98. The van der Waals surface area contributed by atoms with Gasteiger partial charge in [-0.25, -0.2) is 15.0 Å². The Hall–Kier alpha value is -0.890. The van der Waals surface area contributed by atoms with Crippen LogP contribution >= 0.6 is 11.8 Å². The third-order valence-electron chi connectivity index (χ3n) is 3.35. The third-order valence-corrected chi connectivity index (χ3v) is 3.92. The van der Waals surface area contributed by atoms with E-state index in [0.29, 0.717) is 23.0 Å². The molecule has 0 aliphatic heterocycles. The molecule has 7 heteroatoms. The molecule has 0 bridgehead atoms. The monoisotopic (exact) mass is 285 g/mol. The van der Waals surface area contributed by atoms with E-state index in [9.17, 15) is 15.4 Å². The molecule has 1 heterocycles. The molecule has 1 saturated carbocycles. The number of aliphatic hydroxyl groups excluding tert-OH is 2. The second kappa shape index (κ2) is 6.51. The Balaban J connectivity index is 2.23. The summed E-state index contributed by atoms with van der Waals surface area (Å²) in [5.41, 5.74) is 0.486. The molecule has 1 aromatic rings. The van der Waals surface area contributed by atoms with Gasteiger partial charge >= 0.3 is 0 Å². The van der Waals surface area contributed by atoms with Crippen LogP contribution in [0, 0.1) is 0 Å². The van der Waals surface area contributed by atoms with E-state index in [2.05, 4.69) is 9.97 Å². The first-order valence-electron chi connectivity index (χ1n) is 6.32.